The van der Waals surface area contributed by atoms with Gasteiger partial charge in [-0.25, -0.2) is 0 Å². The van der Waals surface area contributed by atoms with Gasteiger partial charge in [0.25, 0.3) is 0 Å². The van der Waals surface area contributed by atoms with E-state index in [1.165, 1.54) is 0 Å². The summed E-state index contributed by atoms with van der Waals surface area (Å²) >= 11 is 0. The van der Waals surface area contributed by atoms with E-state index in [4.69, 9.17) is 5.73 Å². The van der Waals surface area contributed by atoms with Crippen LogP contribution in [0, 0.1) is 50.7 Å². The fourth-order valence-corrected chi connectivity index (χ4v) is 4.65. The third kappa shape index (κ3) is 1.19. The lowest BCUT2D eigenvalue weighted by molar-refractivity contribution is 0.0972. The van der Waals surface area contributed by atoms with Crippen molar-refractivity contribution in [1.29, 1.82) is 15.8 Å². The summed E-state index contributed by atoms with van der Waals surface area (Å²) in [6, 6.07) is 6.55. The Hall–Kier alpha value is -2.25. The summed E-state index contributed by atoms with van der Waals surface area (Å²) in [5, 5.41) is 28.9. The molecular formula is C16H16N4. The SMILES string of the molecule is N#CC1=C(N)C(C#N)(C#N)C2(CCCC2)[C@H]2CCC=C12. The maximum atomic E-state index is 9.76. The van der Waals surface area contributed by atoms with Crippen LogP contribution in [-0.2, 0) is 0 Å². The van der Waals surface area contributed by atoms with Gasteiger partial charge in [-0.1, -0.05) is 18.9 Å². The maximum Gasteiger partial charge on any atom is 0.190 e. The van der Waals surface area contributed by atoms with E-state index in [1.54, 1.807) is 0 Å². The Balaban J connectivity index is 2.34. The van der Waals surface area contributed by atoms with Crippen LogP contribution >= 0.6 is 0 Å². The number of rotatable bonds is 0. The first-order chi connectivity index (χ1) is 9.66. The van der Waals surface area contributed by atoms with Crippen molar-refractivity contribution in [1.82, 2.24) is 0 Å². The summed E-state index contributed by atoms with van der Waals surface area (Å²) in [6.45, 7) is 0. The average molecular weight is 264 g/mol. The molecule has 2 N–H and O–H groups in total. The predicted octanol–water partition coefficient (Wildman–Crippen LogP) is 2.67. The second-order valence-electron chi connectivity index (χ2n) is 6.03. The van der Waals surface area contributed by atoms with Crippen LogP contribution in [0.5, 0.6) is 0 Å². The lowest BCUT2D eigenvalue weighted by atomic mass is 9.50. The maximum absolute atomic E-state index is 9.76. The van der Waals surface area contributed by atoms with Crippen LogP contribution in [0.2, 0.25) is 0 Å². The van der Waals surface area contributed by atoms with Crippen LogP contribution in [0.15, 0.2) is 22.9 Å². The molecule has 0 unspecified atom stereocenters. The summed E-state index contributed by atoms with van der Waals surface area (Å²) in [6.07, 6.45) is 7.69. The van der Waals surface area contributed by atoms with Gasteiger partial charge in [-0.05, 0) is 37.2 Å². The van der Waals surface area contributed by atoms with Gasteiger partial charge < -0.3 is 5.73 Å². The number of hydrogen-bond donors (Lipinski definition) is 1. The lowest BCUT2D eigenvalue weighted by Crippen LogP contribution is -2.50. The molecule has 1 saturated carbocycles. The number of nitrogens with zero attached hydrogens (tertiary/aromatic N) is 3. The van der Waals surface area contributed by atoms with Crippen molar-refractivity contribution in [3.63, 3.8) is 0 Å². The van der Waals surface area contributed by atoms with E-state index in [0.717, 1.165) is 44.1 Å². The molecule has 0 aromatic heterocycles. The van der Waals surface area contributed by atoms with Gasteiger partial charge in [-0.3, -0.25) is 0 Å². The number of nitrogens with two attached hydrogens (primary N) is 1. The molecule has 1 spiro atoms. The topological polar surface area (TPSA) is 97.4 Å². The van der Waals surface area contributed by atoms with Crippen LogP contribution in [0.4, 0.5) is 0 Å². The number of fused-ring (bicyclic) bond motifs is 2. The standard InChI is InChI=1S/C16H16N4/c17-8-12-11-4-3-5-13(11)15(6-1-2-7-15)16(9-18,10-19)14(12)20/h4,13H,1-3,5-7,20H2/t13-/m0/s1. The molecule has 0 aliphatic heterocycles. The van der Waals surface area contributed by atoms with Crippen molar-refractivity contribution in [3.8, 4) is 18.2 Å². The fraction of sp³-hybridized carbons (Fsp3) is 0.562. The molecule has 3 rings (SSSR count). The van der Waals surface area contributed by atoms with E-state index in [2.05, 4.69) is 24.3 Å². The van der Waals surface area contributed by atoms with Gasteiger partial charge in [0.15, 0.2) is 5.41 Å². The first kappa shape index (κ1) is 12.8. The van der Waals surface area contributed by atoms with Crippen molar-refractivity contribution < 1.29 is 0 Å². The molecule has 0 amide bonds. The normalized spacial score (nSPS) is 29.2. The summed E-state index contributed by atoms with van der Waals surface area (Å²) in [5.41, 5.74) is 6.02. The van der Waals surface area contributed by atoms with E-state index in [1.807, 2.05) is 0 Å². The molecule has 0 aromatic carbocycles. The van der Waals surface area contributed by atoms with E-state index >= 15 is 0 Å². The largest absolute Gasteiger partial charge is 0.399 e. The zero-order chi connectivity index (χ0) is 14.4. The van der Waals surface area contributed by atoms with E-state index in [-0.39, 0.29) is 17.0 Å². The van der Waals surface area contributed by atoms with E-state index < -0.39 is 5.41 Å². The van der Waals surface area contributed by atoms with Gasteiger partial charge in [-0.15, -0.1) is 0 Å². The highest BCUT2D eigenvalue weighted by atomic mass is 14.8. The van der Waals surface area contributed by atoms with Crippen LogP contribution < -0.4 is 5.73 Å². The molecule has 0 bridgehead atoms. The van der Waals surface area contributed by atoms with Crippen molar-refractivity contribution in [2.24, 2.45) is 22.5 Å². The molecular weight excluding hydrogens is 248 g/mol. The molecule has 20 heavy (non-hydrogen) atoms. The van der Waals surface area contributed by atoms with Crippen LogP contribution in [0.1, 0.15) is 38.5 Å². The predicted molar refractivity (Wildman–Crippen MR) is 72.2 cm³/mol. The third-order valence-electron chi connectivity index (χ3n) is 5.51. The molecule has 0 radical (unpaired) electrons. The molecule has 3 aliphatic rings. The van der Waals surface area contributed by atoms with E-state index in [9.17, 15) is 15.8 Å². The van der Waals surface area contributed by atoms with Crippen molar-refractivity contribution in [2.75, 3.05) is 0 Å². The number of allylic oxidation sites excluding steroid dienone is 4. The van der Waals surface area contributed by atoms with Gasteiger partial charge in [0.05, 0.1) is 23.4 Å². The Morgan fingerprint density at radius 2 is 1.80 bits per heavy atom. The summed E-state index contributed by atoms with van der Waals surface area (Å²) < 4.78 is 0. The number of hydrogen-bond acceptors (Lipinski definition) is 4. The van der Waals surface area contributed by atoms with Gasteiger partial charge in [-0.2, -0.15) is 15.8 Å². The Labute approximate surface area is 118 Å². The molecule has 1 fully saturated rings. The van der Waals surface area contributed by atoms with E-state index in [0.29, 0.717) is 5.57 Å². The van der Waals surface area contributed by atoms with Gasteiger partial charge in [0.1, 0.15) is 6.07 Å². The lowest BCUT2D eigenvalue weighted by Gasteiger charge is -2.49. The summed E-state index contributed by atoms with van der Waals surface area (Å²) in [5.74, 6) is 0.145. The molecule has 0 heterocycles. The highest BCUT2D eigenvalue weighted by Crippen LogP contribution is 2.65. The highest BCUT2D eigenvalue weighted by molar-refractivity contribution is 5.58. The molecule has 100 valence electrons. The van der Waals surface area contributed by atoms with Crippen molar-refractivity contribution in [3.05, 3.63) is 22.9 Å². The average Bonchev–Trinajstić information content (AvgIpc) is 3.11. The van der Waals surface area contributed by atoms with Crippen LogP contribution in [0.3, 0.4) is 0 Å². The second-order valence-corrected chi connectivity index (χ2v) is 6.03. The third-order valence-corrected chi connectivity index (χ3v) is 5.51. The molecule has 3 aliphatic carbocycles. The highest BCUT2D eigenvalue weighted by Gasteiger charge is 2.64. The summed E-state index contributed by atoms with van der Waals surface area (Å²) in [7, 11) is 0. The molecule has 1 atom stereocenters. The second kappa shape index (κ2) is 4.12. The monoisotopic (exact) mass is 264 g/mol. The van der Waals surface area contributed by atoms with Gasteiger partial charge in [0.2, 0.25) is 0 Å². The fourth-order valence-electron chi connectivity index (χ4n) is 4.65. The Bertz CT molecular complexity index is 627. The molecule has 4 nitrogen and oxygen atoms in total. The molecule has 0 saturated heterocycles. The minimum Gasteiger partial charge on any atom is -0.399 e. The van der Waals surface area contributed by atoms with Gasteiger partial charge in [0, 0.05) is 5.41 Å². The minimum absolute atomic E-state index is 0.145. The Kier molecular flexibility index (Phi) is 2.63. The first-order valence-corrected chi connectivity index (χ1v) is 7.10. The van der Waals surface area contributed by atoms with Crippen molar-refractivity contribution in [2.45, 2.75) is 38.5 Å². The Morgan fingerprint density at radius 3 is 2.35 bits per heavy atom. The number of nitriles is 3. The van der Waals surface area contributed by atoms with Gasteiger partial charge >= 0.3 is 0 Å². The van der Waals surface area contributed by atoms with Crippen molar-refractivity contribution >= 4 is 0 Å². The molecule has 4 heteroatoms. The first-order valence-electron chi connectivity index (χ1n) is 7.10. The Morgan fingerprint density at radius 1 is 1.15 bits per heavy atom. The minimum atomic E-state index is -1.33. The molecule has 0 aromatic rings. The quantitative estimate of drug-likeness (QED) is 0.727. The zero-order valence-corrected chi connectivity index (χ0v) is 11.3. The van der Waals surface area contributed by atoms with Crippen LogP contribution in [-0.4, -0.2) is 0 Å². The zero-order valence-electron chi connectivity index (χ0n) is 11.3. The smallest absolute Gasteiger partial charge is 0.190 e. The van der Waals surface area contributed by atoms with Crippen LogP contribution in [0.25, 0.3) is 0 Å². The summed E-state index contributed by atoms with van der Waals surface area (Å²) in [4.78, 5) is 0.